The van der Waals surface area contributed by atoms with Crippen molar-refractivity contribution in [3.63, 3.8) is 0 Å². The molecule has 0 fully saturated rings. The summed E-state index contributed by atoms with van der Waals surface area (Å²) in [6.45, 7) is 2.04. The molecule has 5 aromatic heterocycles. The molecule has 70 heavy (non-hydrogen) atoms. The van der Waals surface area contributed by atoms with Crippen molar-refractivity contribution in [2.45, 2.75) is 13.3 Å². The first-order valence-electron chi connectivity index (χ1n) is 23.7. The van der Waals surface area contributed by atoms with Crippen LogP contribution < -0.4 is 0 Å². The van der Waals surface area contributed by atoms with Crippen molar-refractivity contribution in [2.75, 3.05) is 0 Å². The summed E-state index contributed by atoms with van der Waals surface area (Å²) in [5.41, 5.74) is 12.1. The molecule has 330 valence electrons. The Balaban J connectivity index is 1.09. The van der Waals surface area contributed by atoms with Crippen molar-refractivity contribution in [3.05, 3.63) is 224 Å². The molecule has 7 heteroatoms. The number of thiophene rings is 1. The first-order chi connectivity index (χ1) is 34.7. The van der Waals surface area contributed by atoms with E-state index in [-0.39, 0.29) is 0 Å². The molecule has 0 spiro atoms. The summed E-state index contributed by atoms with van der Waals surface area (Å²) < 4.78 is 14.1. The zero-order valence-electron chi connectivity index (χ0n) is 38.0. The Morgan fingerprint density at radius 1 is 0.486 bits per heavy atom. The van der Waals surface area contributed by atoms with Crippen LogP contribution in [-0.2, 0) is 6.42 Å². The van der Waals surface area contributed by atoms with Crippen LogP contribution >= 0.6 is 11.3 Å². The van der Waals surface area contributed by atoms with Crippen LogP contribution in [0.4, 0.5) is 0 Å². The highest BCUT2D eigenvalue weighted by molar-refractivity contribution is 7.25. The predicted octanol–water partition coefficient (Wildman–Crippen LogP) is 17.0. The van der Waals surface area contributed by atoms with Crippen molar-refractivity contribution < 1.29 is 4.42 Å². The molecule has 0 N–H and O–H groups in total. The molecule has 6 nitrogen and oxygen atoms in total. The van der Waals surface area contributed by atoms with Gasteiger partial charge in [0.1, 0.15) is 5.58 Å². The minimum absolute atomic E-state index is 0.541. The SMILES string of the molecule is C/C=C\C=C/Cc1ccc(-c2cc(-n3c4ccccc4c4ccc5c6ccccc6n(-c6nc(-c7ccccc7)nc(-c7cccc8sc9ccccc9c78)n6)c5c43)c3oc4ccccc4c3c2)cc1. The van der Waals surface area contributed by atoms with Gasteiger partial charge in [-0.15, -0.1) is 11.3 Å². The number of furan rings is 1. The molecule has 14 rings (SSSR count). The highest BCUT2D eigenvalue weighted by atomic mass is 32.1. The summed E-state index contributed by atoms with van der Waals surface area (Å²) in [6, 6.07) is 69.2. The number of allylic oxidation sites excluding steroid dienone is 4. The van der Waals surface area contributed by atoms with E-state index in [0.29, 0.717) is 17.6 Å². The predicted molar refractivity (Wildman–Crippen MR) is 293 cm³/mol. The lowest BCUT2D eigenvalue weighted by molar-refractivity contribution is 0.666. The van der Waals surface area contributed by atoms with Gasteiger partial charge < -0.3 is 8.98 Å². The summed E-state index contributed by atoms with van der Waals surface area (Å²) in [7, 11) is 0. The van der Waals surface area contributed by atoms with E-state index in [1.165, 1.54) is 20.3 Å². The molecule has 0 atom stereocenters. The molecule has 0 amide bonds. The standard InChI is InChI=1S/C63H41N5OS/c1-2-3-4-6-18-39-31-33-40(34-32-39)42-37-50-45-23-11-15-28-54(45)69-60(50)53(38-42)67-51-26-13-9-21-43(51)46-35-36-47-44-22-10-14-27-52(44)68(59(47)58(46)67)63-65-61(41-19-7-5-8-20-41)64-62(66-63)49-25-17-30-56-57(49)48-24-12-16-29-55(48)70-56/h2-17,19-38H,18H2,1H3/b3-2-,6-4-. The fourth-order valence-corrected chi connectivity index (χ4v) is 11.7. The van der Waals surface area contributed by atoms with Crippen LogP contribution in [-0.4, -0.2) is 24.1 Å². The van der Waals surface area contributed by atoms with Crippen molar-refractivity contribution >= 4 is 97.1 Å². The van der Waals surface area contributed by atoms with Gasteiger partial charge in [-0.2, -0.15) is 9.97 Å². The fraction of sp³-hybridized carbons (Fsp3) is 0.0317. The Morgan fingerprint density at radius 2 is 1.14 bits per heavy atom. The molecule has 0 saturated heterocycles. The topological polar surface area (TPSA) is 61.7 Å². The quantitative estimate of drug-likeness (QED) is 0.143. The average Bonchev–Trinajstić information content (AvgIpc) is 4.18. The number of para-hydroxylation sites is 3. The monoisotopic (exact) mass is 915 g/mol. The van der Waals surface area contributed by atoms with Crippen molar-refractivity contribution in [1.29, 1.82) is 0 Å². The molecule has 0 radical (unpaired) electrons. The summed E-state index contributed by atoms with van der Waals surface area (Å²) in [6.07, 6.45) is 9.29. The van der Waals surface area contributed by atoms with Crippen LogP contribution in [0.5, 0.6) is 0 Å². The highest BCUT2D eigenvalue weighted by Crippen LogP contribution is 2.46. The summed E-state index contributed by atoms with van der Waals surface area (Å²) in [5, 5.41) is 8.93. The van der Waals surface area contributed by atoms with Gasteiger partial charge in [0.05, 0.1) is 27.8 Å². The van der Waals surface area contributed by atoms with Crippen LogP contribution in [0.25, 0.3) is 131 Å². The number of fused-ring (bicyclic) bond motifs is 13. The van der Waals surface area contributed by atoms with Crippen molar-refractivity contribution in [3.8, 4) is 45.5 Å². The van der Waals surface area contributed by atoms with E-state index in [0.717, 1.165) is 105 Å². The third-order valence-electron chi connectivity index (χ3n) is 13.7. The number of rotatable bonds is 8. The van der Waals surface area contributed by atoms with E-state index in [2.05, 4.69) is 197 Å². The minimum Gasteiger partial charge on any atom is -0.454 e. The van der Waals surface area contributed by atoms with Gasteiger partial charge in [-0.1, -0.05) is 176 Å². The minimum atomic E-state index is 0.541. The second kappa shape index (κ2) is 16.1. The van der Waals surface area contributed by atoms with Crippen LogP contribution in [0, 0.1) is 0 Å². The number of aromatic nitrogens is 5. The molecular formula is C63H41N5OS. The first kappa shape index (κ1) is 40.2. The van der Waals surface area contributed by atoms with Crippen molar-refractivity contribution in [1.82, 2.24) is 24.1 Å². The zero-order chi connectivity index (χ0) is 46.3. The Kier molecular flexibility index (Phi) is 9.25. The van der Waals surface area contributed by atoms with E-state index >= 15 is 0 Å². The molecule has 0 aliphatic rings. The molecule has 0 bridgehead atoms. The van der Waals surface area contributed by atoms with Gasteiger partial charge in [-0.3, -0.25) is 4.57 Å². The van der Waals surface area contributed by atoms with E-state index in [4.69, 9.17) is 19.4 Å². The summed E-state index contributed by atoms with van der Waals surface area (Å²) in [5.74, 6) is 1.76. The Labute approximate surface area is 406 Å². The normalized spacial score (nSPS) is 12.3. The van der Waals surface area contributed by atoms with Gasteiger partial charge >= 0.3 is 0 Å². The first-order valence-corrected chi connectivity index (χ1v) is 24.5. The van der Waals surface area contributed by atoms with Gasteiger partial charge in [0.25, 0.3) is 0 Å². The van der Waals surface area contributed by atoms with Crippen LogP contribution in [0.2, 0.25) is 0 Å². The fourth-order valence-electron chi connectivity index (χ4n) is 10.6. The maximum absolute atomic E-state index is 6.98. The van der Waals surface area contributed by atoms with E-state index in [9.17, 15) is 0 Å². The molecule has 0 saturated carbocycles. The van der Waals surface area contributed by atoms with E-state index < -0.39 is 0 Å². The second-order valence-corrected chi connectivity index (χ2v) is 18.9. The molecule has 9 aromatic carbocycles. The lowest BCUT2D eigenvalue weighted by Crippen LogP contribution is -2.07. The molecule has 0 aliphatic carbocycles. The number of nitrogens with zero attached hydrogens (tertiary/aromatic N) is 5. The lowest BCUT2D eigenvalue weighted by Gasteiger charge is -2.15. The molecule has 5 heterocycles. The van der Waals surface area contributed by atoms with Gasteiger partial charge in [-0.25, -0.2) is 4.98 Å². The smallest absolute Gasteiger partial charge is 0.238 e. The van der Waals surface area contributed by atoms with E-state index in [1.807, 2.05) is 37.3 Å². The highest BCUT2D eigenvalue weighted by Gasteiger charge is 2.26. The number of hydrogen-bond donors (Lipinski definition) is 0. The van der Waals surface area contributed by atoms with E-state index in [1.54, 1.807) is 11.3 Å². The lowest BCUT2D eigenvalue weighted by atomic mass is 9.99. The maximum atomic E-state index is 6.98. The van der Waals surface area contributed by atoms with Crippen LogP contribution in [0.1, 0.15) is 12.5 Å². The third kappa shape index (κ3) is 6.29. The molecule has 0 aliphatic heterocycles. The second-order valence-electron chi connectivity index (χ2n) is 17.8. The number of hydrogen-bond acceptors (Lipinski definition) is 5. The maximum Gasteiger partial charge on any atom is 0.238 e. The van der Waals surface area contributed by atoms with Gasteiger partial charge in [0, 0.05) is 63.6 Å². The van der Waals surface area contributed by atoms with Crippen LogP contribution in [0.15, 0.2) is 223 Å². The number of benzene rings is 9. The average molecular weight is 916 g/mol. The summed E-state index contributed by atoms with van der Waals surface area (Å²) >= 11 is 1.79. The molecular weight excluding hydrogens is 875 g/mol. The Hall–Kier alpha value is -8.91. The Morgan fingerprint density at radius 3 is 1.93 bits per heavy atom. The van der Waals surface area contributed by atoms with Gasteiger partial charge in [0.15, 0.2) is 17.2 Å². The van der Waals surface area contributed by atoms with Crippen molar-refractivity contribution in [2.24, 2.45) is 0 Å². The van der Waals surface area contributed by atoms with Crippen LogP contribution in [0.3, 0.4) is 0 Å². The summed E-state index contributed by atoms with van der Waals surface area (Å²) in [4.78, 5) is 16.3. The molecule has 0 unspecified atom stereocenters. The van der Waals surface area contributed by atoms with Gasteiger partial charge in [0.2, 0.25) is 5.95 Å². The Bertz CT molecular complexity index is 4450. The van der Waals surface area contributed by atoms with Gasteiger partial charge in [-0.05, 0) is 72.5 Å². The molecule has 14 aromatic rings. The third-order valence-corrected chi connectivity index (χ3v) is 14.9. The zero-order valence-corrected chi connectivity index (χ0v) is 38.9. The largest absolute Gasteiger partial charge is 0.454 e.